The van der Waals surface area contributed by atoms with Crippen LogP contribution in [0.1, 0.15) is 20.7 Å². The minimum atomic E-state index is -0.118. The number of rotatable bonds is 19. The van der Waals surface area contributed by atoms with Gasteiger partial charge in [0.2, 0.25) is 0 Å². The highest BCUT2D eigenvalue weighted by atomic mass is 16.2. The van der Waals surface area contributed by atoms with Crippen LogP contribution in [0, 0.1) is 0 Å². The molecular weight excluding hydrogens is 677 g/mol. The van der Waals surface area contributed by atoms with Gasteiger partial charge in [-0.25, -0.2) is 9.97 Å². The van der Waals surface area contributed by atoms with Gasteiger partial charge >= 0.3 is 0 Å². The van der Waals surface area contributed by atoms with Crippen molar-refractivity contribution >= 4 is 66.8 Å². The van der Waals surface area contributed by atoms with Crippen molar-refractivity contribution in [1.29, 1.82) is 0 Å². The second-order valence-corrected chi connectivity index (χ2v) is 13.9. The van der Waals surface area contributed by atoms with Crippen LogP contribution in [0.5, 0.6) is 0 Å². The van der Waals surface area contributed by atoms with Gasteiger partial charge in [0, 0.05) is 87.0 Å². The number of anilines is 2. The smallest absolute Gasteiger partial charge is 0.253 e. The molecule has 0 aliphatic heterocycles. The summed E-state index contributed by atoms with van der Waals surface area (Å²) < 4.78 is 0. The van der Waals surface area contributed by atoms with E-state index >= 15 is 0 Å². The third kappa shape index (κ3) is 9.39. The quantitative estimate of drug-likeness (QED) is 0.0527. The molecule has 0 aliphatic rings. The van der Waals surface area contributed by atoms with E-state index in [2.05, 4.69) is 44.0 Å². The van der Waals surface area contributed by atoms with Crippen LogP contribution in [0.2, 0.25) is 0 Å². The molecule has 4 aromatic carbocycles. The Bertz CT molecular complexity index is 2060. The summed E-state index contributed by atoms with van der Waals surface area (Å²) in [6.07, 6.45) is 0. The van der Waals surface area contributed by atoms with E-state index < -0.39 is 0 Å². The summed E-state index contributed by atoms with van der Waals surface area (Å²) in [5.74, 6) is -0.235. The van der Waals surface area contributed by atoms with Gasteiger partial charge in [-0.05, 0) is 52.5 Å². The highest BCUT2D eigenvalue weighted by Gasteiger charge is 2.17. The molecule has 12 heteroatoms. The van der Waals surface area contributed by atoms with E-state index in [-0.39, 0.29) is 11.8 Å². The number of nitrogens with one attached hydrogen (secondary N) is 6. The number of amides is 2. The van der Waals surface area contributed by atoms with Crippen molar-refractivity contribution in [2.75, 3.05) is 104 Å². The molecular formula is C42H52N10O2. The predicted octanol–water partition coefficient (Wildman–Crippen LogP) is 4.38. The molecule has 2 amide bonds. The second-order valence-electron chi connectivity index (χ2n) is 13.9. The van der Waals surface area contributed by atoms with Gasteiger partial charge in [-0.3, -0.25) is 9.59 Å². The van der Waals surface area contributed by atoms with Crippen LogP contribution in [0.15, 0.2) is 84.9 Å². The normalized spacial score (nSPS) is 11.6. The number of fused-ring (bicyclic) bond motifs is 4. The SMILES string of the molecule is CN(C)CCNC(=O)c1cccc2c(NCCNCCNCCNc3c4ccccc4nc4c(C(=O)NCCN(C)C)cccc34)c3ccccc3nc12. The van der Waals surface area contributed by atoms with Crippen LogP contribution in [-0.4, -0.2) is 125 Å². The predicted molar refractivity (Wildman–Crippen MR) is 223 cm³/mol. The summed E-state index contributed by atoms with van der Waals surface area (Å²) in [4.78, 5) is 40.2. The zero-order valence-corrected chi connectivity index (χ0v) is 31.8. The van der Waals surface area contributed by atoms with Crippen LogP contribution in [0.3, 0.4) is 0 Å². The lowest BCUT2D eigenvalue weighted by atomic mass is 10.0. The van der Waals surface area contributed by atoms with E-state index in [0.717, 1.165) is 83.2 Å². The summed E-state index contributed by atoms with van der Waals surface area (Å²) in [6.45, 7) is 7.23. The zero-order chi connectivity index (χ0) is 37.9. The minimum absolute atomic E-state index is 0.118. The number of aromatic nitrogens is 2. The highest BCUT2D eigenvalue weighted by Crippen LogP contribution is 2.33. The number of pyridine rings is 2. The van der Waals surface area contributed by atoms with Gasteiger partial charge in [-0.2, -0.15) is 0 Å². The molecule has 0 atom stereocenters. The molecule has 0 saturated heterocycles. The maximum atomic E-state index is 13.1. The van der Waals surface area contributed by atoms with Crippen LogP contribution in [0.4, 0.5) is 11.4 Å². The Hall–Kier alpha value is -5.40. The van der Waals surface area contributed by atoms with Gasteiger partial charge in [0.15, 0.2) is 0 Å². The molecule has 0 bridgehead atoms. The Kier molecular flexibility index (Phi) is 13.2. The largest absolute Gasteiger partial charge is 0.383 e. The molecule has 0 spiro atoms. The van der Waals surface area contributed by atoms with Gasteiger partial charge in [-0.15, -0.1) is 0 Å². The maximum absolute atomic E-state index is 13.1. The average Bonchev–Trinajstić information content (AvgIpc) is 3.17. The van der Waals surface area contributed by atoms with Crippen LogP contribution >= 0.6 is 0 Å². The Balaban J connectivity index is 1.01. The number of hydrogen-bond donors (Lipinski definition) is 6. The van der Waals surface area contributed by atoms with E-state index in [1.807, 2.05) is 111 Å². The Morgan fingerprint density at radius 1 is 0.481 bits per heavy atom. The third-order valence-corrected chi connectivity index (χ3v) is 9.29. The molecule has 6 aromatic rings. The highest BCUT2D eigenvalue weighted by molar-refractivity contribution is 6.15. The number of para-hydroxylation sites is 4. The monoisotopic (exact) mass is 728 g/mol. The van der Waals surface area contributed by atoms with Gasteiger partial charge < -0.3 is 41.7 Å². The lowest BCUT2D eigenvalue weighted by Gasteiger charge is -2.16. The third-order valence-electron chi connectivity index (χ3n) is 9.29. The molecule has 0 aliphatic carbocycles. The summed E-state index contributed by atoms with van der Waals surface area (Å²) >= 11 is 0. The second kappa shape index (κ2) is 18.6. The summed E-state index contributed by atoms with van der Waals surface area (Å²) in [5, 5.41) is 24.3. The van der Waals surface area contributed by atoms with Crippen molar-refractivity contribution in [2.45, 2.75) is 0 Å². The number of likely N-dealkylation sites (N-methyl/N-ethyl adjacent to an activating group) is 2. The van der Waals surface area contributed by atoms with E-state index in [9.17, 15) is 9.59 Å². The molecule has 0 unspecified atom stereocenters. The van der Waals surface area contributed by atoms with Gasteiger partial charge in [-0.1, -0.05) is 60.7 Å². The first-order chi connectivity index (χ1) is 26.3. The van der Waals surface area contributed by atoms with Crippen molar-refractivity contribution in [1.82, 2.24) is 41.0 Å². The Labute approximate surface area is 317 Å². The van der Waals surface area contributed by atoms with Gasteiger partial charge in [0.05, 0.1) is 44.6 Å². The molecule has 54 heavy (non-hydrogen) atoms. The fourth-order valence-electron chi connectivity index (χ4n) is 6.53. The number of carbonyl (C=O) groups excluding carboxylic acids is 2. The number of benzene rings is 4. The zero-order valence-electron chi connectivity index (χ0n) is 31.8. The summed E-state index contributed by atoms with van der Waals surface area (Å²) in [5.41, 5.74) is 6.21. The molecule has 2 aromatic heterocycles. The molecule has 6 N–H and O–H groups in total. The number of nitrogens with zero attached hydrogens (tertiary/aromatic N) is 4. The van der Waals surface area contributed by atoms with E-state index in [1.165, 1.54) is 0 Å². The van der Waals surface area contributed by atoms with Crippen LogP contribution in [0.25, 0.3) is 43.6 Å². The molecule has 6 rings (SSSR count). The van der Waals surface area contributed by atoms with Crippen molar-refractivity contribution in [3.63, 3.8) is 0 Å². The van der Waals surface area contributed by atoms with E-state index in [1.54, 1.807) is 0 Å². The first-order valence-electron chi connectivity index (χ1n) is 18.7. The topological polar surface area (TPSA) is 139 Å². The summed E-state index contributed by atoms with van der Waals surface area (Å²) in [7, 11) is 7.95. The first kappa shape index (κ1) is 38.3. The Morgan fingerprint density at radius 2 is 0.870 bits per heavy atom. The lowest BCUT2D eigenvalue weighted by Crippen LogP contribution is -2.32. The number of hydrogen-bond acceptors (Lipinski definition) is 10. The van der Waals surface area contributed by atoms with Crippen LogP contribution in [-0.2, 0) is 0 Å². The lowest BCUT2D eigenvalue weighted by molar-refractivity contribution is 0.0944. The summed E-state index contributed by atoms with van der Waals surface area (Å²) in [6, 6.07) is 27.7. The van der Waals surface area contributed by atoms with Crippen LogP contribution < -0.4 is 31.9 Å². The van der Waals surface area contributed by atoms with Gasteiger partial charge in [0.1, 0.15) is 0 Å². The molecule has 0 radical (unpaired) electrons. The minimum Gasteiger partial charge on any atom is -0.383 e. The fourth-order valence-corrected chi connectivity index (χ4v) is 6.53. The fraction of sp³-hybridized carbons (Fsp3) is 0.333. The molecule has 12 nitrogen and oxygen atoms in total. The maximum Gasteiger partial charge on any atom is 0.253 e. The Morgan fingerprint density at radius 3 is 1.30 bits per heavy atom. The first-order valence-corrected chi connectivity index (χ1v) is 18.7. The van der Waals surface area contributed by atoms with E-state index in [0.29, 0.717) is 48.3 Å². The molecule has 0 saturated carbocycles. The van der Waals surface area contributed by atoms with Crippen molar-refractivity contribution in [3.05, 3.63) is 96.1 Å². The number of carbonyl (C=O) groups is 2. The van der Waals surface area contributed by atoms with Crippen molar-refractivity contribution < 1.29 is 9.59 Å². The van der Waals surface area contributed by atoms with Crippen molar-refractivity contribution in [2.24, 2.45) is 0 Å². The van der Waals surface area contributed by atoms with E-state index in [4.69, 9.17) is 9.97 Å². The van der Waals surface area contributed by atoms with Gasteiger partial charge in [0.25, 0.3) is 11.8 Å². The molecule has 282 valence electrons. The molecule has 0 fully saturated rings. The van der Waals surface area contributed by atoms with Crippen molar-refractivity contribution in [3.8, 4) is 0 Å². The molecule has 2 heterocycles. The standard InChI is InChI=1S/C42H52N10O2/c1-51(2)27-25-47-41(53)33-15-9-13-31-37(29-11-5-7-17-35(29)49-39(31)33)45-23-21-43-19-20-44-22-24-46-38-30-12-6-8-18-36(30)50-40-32(38)14-10-16-34(40)42(54)48-26-28-52(3)4/h5-18,43-44H,19-28H2,1-4H3,(H,45,49)(H,46,50)(H,47,53)(H,48,54). The average molecular weight is 729 g/mol.